The Labute approximate surface area is 227 Å². The predicted molar refractivity (Wildman–Crippen MR) is 156 cm³/mol. The summed E-state index contributed by atoms with van der Waals surface area (Å²) < 4.78 is 1.25. The number of hydrogen-bond acceptors (Lipinski definition) is 6. The minimum atomic E-state index is -0.949. The van der Waals surface area contributed by atoms with Crippen LogP contribution in [-0.2, 0) is 16.0 Å². The molecule has 0 aliphatic carbocycles. The number of aliphatic hydroxyl groups is 2. The second-order valence-electron chi connectivity index (χ2n) is 10.6. The summed E-state index contributed by atoms with van der Waals surface area (Å²) in [5.41, 5.74) is 2.92. The van der Waals surface area contributed by atoms with Crippen LogP contribution in [0, 0.1) is 24.2 Å². The van der Waals surface area contributed by atoms with Gasteiger partial charge >= 0.3 is 0 Å². The molecule has 1 aromatic heterocycles. The number of carbonyl (C=O) groups excluding carboxylic acids is 2. The number of fused-ring (bicyclic) bond motifs is 1. The second kappa shape index (κ2) is 16.6. The van der Waals surface area contributed by atoms with Crippen LogP contribution < -0.4 is 0 Å². The number of carbonyl (C=O) groups is 2. The van der Waals surface area contributed by atoms with Gasteiger partial charge in [-0.1, -0.05) is 51.0 Å². The topological polar surface area (TPSA) is 87.5 Å². The Morgan fingerprint density at radius 2 is 1.95 bits per heavy atom. The highest BCUT2D eigenvalue weighted by Crippen LogP contribution is 2.33. The van der Waals surface area contributed by atoms with Crippen molar-refractivity contribution < 1.29 is 19.8 Å². The van der Waals surface area contributed by atoms with E-state index in [1.165, 1.54) is 15.8 Å². The van der Waals surface area contributed by atoms with E-state index >= 15 is 0 Å². The molecule has 3 unspecified atom stereocenters. The molecule has 0 fully saturated rings. The van der Waals surface area contributed by atoms with Crippen molar-refractivity contribution in [3.05, 3.63) is 53.1 Å². The van der Waals surface area contributed by atoms with E-state index in [9.17, 15) is 14.7 Å². The lowest BCUT2D eigenvalue weighted by molar-refractivity contribution is -0.138. The van der Waals surface area contributed by atoms with Crippen molar-refractivity contribution >= 4 is 33.6 Å². The van der Waals surface area contributed by atoms with Crippen molar-refractivity contribution in [3.63, 3.8) is 0 Å². The van der Waals surface area contributed by atoms with Crippen LogP contribution in [0.2, 0.25) is 0 Å². The zero-order valence-corrected chi connectivity index (χ0v) is 24.4. The summed E-state index contributed by atoms with van der Waals surface area (Å²) in [7, 11) is 1.00. The number of aliphatic hydroxyl groups excluding tert-OH is 2. The predicted octanol–water partition coefficient (Wildman–Crippen LogP) is 7.03. The van der Waals surface area contributed by atoms with Crippen molar-refractivity contribution in [2.24, 2.45) is 17.3 Å². The summed E-state index contributed by atoms with van der Waals surface area (Å²) >= 11 is 1.74. The number of Topliss-reactive ketones (excluding diaryl/α,β-unsaturated/α-hetero) is 1. The molecule has 2 N–H and O–H groups in total. The van der Waals surface area contributed by atoms with Crippen LogP contribution in [0.1, 0.15) is 83.2 Å². The average Bonchev–Trinajstić information content (AvgIpc) is 3.24. The number of ketones is 1. The lowest BCUT2D eigenvalue weighted by Crippen LogP contribution is -2.41. The number of allylic oxidation sites excluding steroid dienone is 3. The van der Waals surface area contributed by atoms with Gasteiger partial charge in [0, 0.05) is 24.9 Å². The quantitative estimate of drug-likeness (QED) is 0.180. The summed E-state index contributed by atoms with van der Waals surface area (Å²) in [6, 6.07) is 6.61. The zero-order valence-electron chi connectivity index (χ0n) is 23.6. The van der Waals surface area contributed by atoms with Crippen LogP contribution in [0.15, 0.2) is 42.5 Å². The fourth-order valence-electron chi connectivity index (χ4n) is 4.75. The van der Waals surface area contributed by atoms with Gasteiger partial charge in [-0.25, -0.2) is 4.98 Å². The van der Waals surface area contributed by atoms with Crippen molar-refractivity contribution in [1.82, 2.24) is 4.98 Å². The highest BCUT2D eigenvalue weighted by Gasteiger charge is 2.39. The summed E-state index contributed by atoms with van der Waals surface area (Å²) in [4.78, 5) is 28.6. The molecule has 206 valence electrons. The first-order chi connectivity index (χ1) is 17.6. The molecular weight excluding hydrogens is 482 g/mol. The molecule has 0 aliphatic rings. The Morgan fingerprint density at radius 3 is 2.59 bits per heavy atom. The number of aldehydes is 1. The summed E-state index contributed by atoms with van der Waals surface area (Å²) in [5, 5.41) is 18.4. The van der Waals surface area contributed by atoms with E-state index in [0.717, 1.165) is 56.2 Å². The molecule has 3 atom stereocenters. The fourth-order valence-corrected chi connectivity index (χ4v) is 5.56. The van der Waals surface area contributed by atoms with Gasteiger partial charge in [0.15, 0.2) is 0 Å². The Kier molecular flexibility index (Phi) is 14.8. The number of benzene rings is 1. The molecule has 1 aromatic carbocycles. The largest absolute Gasteiger partial charge is 0.400 e. The normalized spacial score (nSPS) is 14.4. The molecule has 2 rings (SSSR count). The van der Waals surface area contributed by atoms with Gasteiger partial charge in [0.25, 0.3) is 0 Å². The third kappa shape index (κ3) is 10.6. The van der Waals surface area contributed by atoms with E-state index in [1.54, 1.807) is 31.3 Å². The zero-order chi connectivity index (χ0) is 28.0. The number of nitrogens with zero attached hydrogens (tertiary/aromatic N) is 1. The van der Waals surface area contributed by atoms with Gasteiger partial charge in [-0.2, -0.15) is 0 Å². The van der Waals surface area contributed by atoms with E-state index in [4.69, 9.17) is 5.11 Å². The number of aryl methyl sites for hydroxylation is 2. The highest BCUT2D eigenvalue weighted by atomic mass is 32.1. The third-order valence-electron chi connectivity index (χ3n) is 7.05. The molecule has 0 aliphatic heterocycles. The summed E-state index contributed by atoms with van der Waals surface area (Å²) in [6.45, 7) is 13.8. The first-order valence-corrected chi connectivity index (χ1v) is 14.1. The minimum Gasteiger partial charge on any atom is -0.400 e. The van der Waals surface area contributed by atoms with Crippen LogP contribution in [0.5, 0.6) is 0 Å². The van der Waals surface area contributed by atoms with E-state index in [0.29, 0.717) is 18.6 Å². The van der Waals surface area contributed by atoms with Gasteiger partial charge in [0.2, 0.25) is 0 Å². The SMILES string of the molecule is C=CCC(CC(C)CCC/C(C)=C\CCc1ccc2sc(C)nc2c1)C(=O)C(C)(C)C(O)CC=O.CO. The van der Waals surface area contributed by atoms with Crippen molar-refractivity contribution in [2.75, 3.05) is 7.11 Å². The molecule has 0 spiro atoms. The molecule has 0 saturated carbocycles. The molecule has 5 nitrogen and oxygen atoms in total. The Bertz CT molecular complexity index is 1020. The minimum absolute atomic E-state index is 0.0140. The third-order valence-corrected chi connectivity index (χ3v) is 8.00. The highest BCUT2D eigenvalue weighted by molar-refractivity contribution is 7.18. The molecule has 0 saturated heterocycles. The van der Waals surface area contributed by atoms with E-state index in [1.807, 2.05) is 0 Å². The maximum Gasteiger partial charge on any atom is 0.144 e. The van der Waals surface area contributed by atoms with E-state index in [2.05, 4.69) is 56.6 Å². The number of aromatic nitrogens is 1. The molecule has 0 amide bonds. The molecule has 0 radical (unpaired) electrons. The lowest BCUT2D eigenvalue weighted by Gasteiger charge is -2.32. The van der Waals surface area contributed by atoms with Gasteiger partial charge in [-0.05, 0) is 76.0 Å². The Hall–Kier alpha value is -2.15. The molecule has 1 heterocycles. The van der Waals surface area contributed by atoms with Gasteiger partial charge in [-0.15, -0.1) is 17.9 Å². The van der Waals surface area contributed by atoms with E-state index < -0.39 is 11.5 Å². The van der Waals surface area contributed by atoms with Crippen LogP contribution in [0.3, 0.4) is 0 Å². The van der Waals surface area contributed by atoms with Crippen molar-refractivity contribution in [3.8, 4) is 0 Å². The maximum atomic E-state index is 13.2. The van der Waals surface area contributed by atoms with Crippen molar-refractivity contribution in [2.45, 2.75) is 92.1 Å². The molecule has 0 bridgehead atoms. The van der Waals surface area contributed by atoms with Crippen LogP contribution in [-0.4, -0.2) is 40.5 Å². The van der Waals surface area contributed by atoms with Crippen LogP contribution in [0.25, 0.3) is 10.2 Å². The Morgan fingerprint density at radius 1 is 1.24 bits per heavy atom. The fraction of sp³-hybridized carbons (Fsp3) is 0.581. The lowest BCUT2D eigenvalue weighted by atomic mass is 9.72. The van der Waals surface area contributed by atoms with Gasteiger partial charge < -0.3 is 15.0 Å². The molecule has 2 aromatic rings. The Balaban J connectivity index is 0.00000334. The number of hydrogen-bond donors (Lipinski definition) is 2. The number of rotatable bonds is 16. The van der Waals surface area contributed by atoms with E-state index in [-0.39, 0.29) is 18.1 Å². The average molecular weight is 530 g/mol. The summed E-state index contributed by atoms with van der Waals surface area (Å²) in [6.07, 6.45) is 10.5. The first-order valence-electron chi connectivity index (χ1n) is 13.3. The van der Waals surface area contributed by atoms with Gasteiger partial charge in [0.05, 0.1) is 21.3 Å². The van der Waals surface area contributed by atoms with Crippen LogP contribution in [0.4, 0.5) is 0 Å². The van der Waals surface area contributed by atoms with Gasteiger partial charge in [-0.3, -0.25) is 4.79 Å². The molecular formula is C31H47NO4S. The monoisotopic (exact) mass is 529 g/mol. The molecule has 37 heavy (non-hydrogen) atoms. The summed E-state index contributed by atoms with van der Waals surface area (Å²) in [5.74, 6) is 0.263. The smallest absolute Gasteiger partial charge is 0.144 e. The molecule has 6 heteroatoms. The standard InChI is InChI=1S/C30H43NO3S.CH4O/c1-7-10-25(29(34)30(5,6)28(33)17-18-32)19-22(3)13-8-11-21(2)12-9-14-24-15-16-27-26(20-24)31-23(4)35-27;1-2/h7,12,15-16,18,20,22,25,28,33H,1,8-11,13-14,17,19H2,2-6H3;2H,1H3/b21-12-;. The van der Waals surface area contributed by atoms with Gasteiger partial charge in [0.1, 0.15) is 12.1 Å². The number of thiazole rings is 1. The second-order valence-corrected chi connectivity index (χ2v) is 11.8. The van der Waals surface area contributed by atoms with Crippen molar-refractivity contribution in [1.29, 1.82) is 0 Å². The van der Waals surface area contributed by atoms with Crippen LogP contribution >= 0.6 is 11.3 Å². The maximum absolute atomic E-state index is 13.2. The first kappa shape index (κ1) is 32.9.